The van der Waals surface area contributed by atoms with Crippen molar-refractivity contribution in [1.82, 2.24) is 5.32 Å². The lowest BCUT2D eigenvalue weighted by molar-refractivity contribution is -0.128. The number of ketones is 2. The average molecular weight is 420 g/mol. The van der Waals surface area contributed by atoms with Gasteiger partial charge in [-0.15, -0.1) is 0 Å². The Morgan fingerprint density at radius 3 is 2.35 bits per heavy atom. The average Bonchev–Trinajstić information content (AvgIpc) is 3.00. The van der Waals surface area contributed by atoms with Crippen LogP contribution in [0.2, 0.25) is 0 Å². The number of benzene rings is 2. The minimum Gasteiger partial charge on any atom is -0.497 e. The predicted octanol–water partition coefficient (Wildman–Crippen LogP) is 4.29. The van der Waals surface area contributed by atoms with Crippen molar-refractivity contribution in [2.75, 3.05) is 7.11 Å². The van der Waals surface area contributed by atoms with Gasteiger partial charge in [0, 0.05) is 25.3 Å². The van der Waals surface area contributed by atoms with Crippen LogP contribution in [0, 0.1) is 19.8 Å². The molecule has 31 heavy (non-hydrogen) atoms. The van der Waals surface area contributed by atoms with Gasteiger partial charge in [0.1, 0.15) is 17.5 Å². The summed E-state index contributed by atoms with van der Waals surface area (Å²) in [6, 6.07) is 11.4. The molecule has 1 fully saturated rings. The molecular formula is C26H29NO4. The Balaban J connectivity index is 1.66. The summed E-state index contributed by atoms with van der Waals surface area (Å²) in [5, 5.41) is 2.85. The van der Waals surface area contributed by atoms with E-state index in [2.05, 4.69) is 5.32 Å². The Morgan fingerprint density at radius 2 is 1.77 bits per heavy atom. The SMILES string of the molecule is C/C=C/c1cc(C)c(C2C(=O)CC(CC(=O)NCc3ccc(OC)cc3)C2=O)c(C)c1. The number of amides is 1. The first-order valence-corrected chi connectivity index (χ1v) is 10.5. The molecule has 2 aromatic carbocycles. The fourth-order valence-corrected chi connectivity index (χ4v) is 4.32. The molecule has 1 saturated carbocycles. The fraction of sp³-hybridized carbons (Fsp3) is 0.346. The molecule has 1 N–H and O–H groups in total. The summed E-state index contributed by atoms with van der Waals surface area (Å²) in [4.78, 5) is 38.3. The predicted molar refractivity (Wildman–Crippen MR) is 121 cm³/mol. The molecule has 0 bridgehead atoms. The minimum atomic E-state index is -0.765. The van der Waals surface area contributed by atoms with Crippen LogP contribution in [-0.4, -0.2) is 24.6 Å². The summed E-state index contributed by atoms with van der Waals surface area (Å²) >= 11 is 0. The summed E-state index contributed by atoms with van der Waals surface area (Å²) in [6.07, 6.45) is 4.11. The number of nitrogens with one attached hydrogen (secondary N) is 1. The molecule has 3 rings (SSSR count). The van der Waals surface area contributed by atoms with E-state index in [4.69, 9.17) is 4.74 Å². The van der Waals surface area contributed by atoms with E-state index < -0.39 is 11.8 Å². The lowest BCUT2D eigenvalue weighted by Crippen LogP contribution is -2.27. The molecular weight excluding hydrogens is 390 g/mol. The zero-order valence-corrected chi connectivity index (χ0v) is 18.5. The van der Waals surface area contributed by atoms with Gasteiger partial charge in [0.15, 0.2) is 5.78 Å². The monoisotopic (exact) mass is 419 g/mol. The molecule has 0 heterocycles. The molecule has 0 spiro atoms. The Bertz CT molecular complexity index is 997. The quantitative estimate of drug-likeness (QED) is 0.680. The lowest BCUT2D eigenvalue weighted by Gasteiger charge is -2.16. The van der Waals surface area contributed by atoms with Crippen LogP contribution in [0.3, 0.4) is 0 Å². The number of carbonyl (C=O) groups excluding carboxylic acids is 3. The zero-order chi connectivity index (χ0) is 22.5. The number of Topliss-reactive ketones (excluding diaryl/α,β-unsaturated/α-hetero) is 2. The molecule has 5 heteroatoms. The highest BCUT2D eigenvalue weighted by molar-refractivity contribution is 6.15. The largest absolute Gasteiger partial charge is 0.497 e. The third-order valence-electron chi connectivity index (χ3n) is 5.80. The number of methoxy groups -OCH3 is 1. The number of ether oxygens (including phenoxy) is 1. The zero-order valence-electron chi connectivity index (χ0n) is 18.5. The first kappa shape index (κ1) is 22.5. The maximum absolute atomic E-state index is 13.1. The number of hydrogen-bond acceptors (Lipinski definition) is 4. The van der Waals surface area contributed by atoms with Gasteiger partial charge in [0.25, 0.3) is 0 Å². The van der Waals surface area contributed by atoms with E-state index >= 15 is 0 Å². The van der Waals surface area contributed by atoms with Gasteiger partial charge in [-0.2, -0.15) is 0 Å². The second-order valence-corrected chi connectivity index (χ2v) is 8.10. The van der Waals surface area contributed by atoms with E-state index in [1.165, 1.54) is 0 Å². The van der Waals surface area contributed by atoms with E-state index in [0.717, 1.165) is 33.6 Å². The fourth-order valence-electron chi connectivity index (χ4n) is 4.32. The van der Waals surface area contributed by atoms with Gasteiger partial charge in [-0.05, 0) is 60.7 Å². The summed E-state index contributed by atoms with van der Waals surface area (Å²) in [6.45, 7) is 6.19. The first-order chi connectivity index (χ1) is 14.8. The highest BCUT2D eigenvalue weighted by Crippen LogP contribution is 2.37. The molecule has 2 aromatic rings. The van der Waals surface area contributed by atoms with Gasteiger partial charge in [0.05, 0.1) is 7.11 Å². The van der Waals surface area contributed by atoms with Crippen LogP contribution in [0.25, 0.3) is 6.08 Å². The molecule has 0 aromatic heterocycles. The Labute approximate surface area is 183 Å². The molecule has 1 amide bonds. The van der Waals surface area contributed by atoms with Crippen LogP contribution in [-0.2, 0) is 20.9 Å². The lowest BCUT2D eigenvalue weighted by atomic mass is 9.86. The van der Waals surface area contributed by atoms with E-state index in [-0.39, 0.29) is 30.3 Å². The summed E-state index contributed by atoms with van der Waals surface area (Å²) in [7, 11) is 1.60. The maximum atomic E-state index is 13.1. The van der Waals surface area contributed by atoms with Crippen molar-refractivity contribution < 1.29 is 19.1 Å². The second-order valence-electron chi connectivity index (χ2n) is 8.10. The van der Waals surface area contributed by atoms with Crippen molar-refractivity contribution in [3.8, 4) is 5.75 Å². The maximum Gasteiger partial charge on any atom is 0.221 e. The van der Waals surface area contributed by atoms with Crippen LogP contribution in [0.4, 0.5) is 0 Å². The third-order valence-corrected chi connectivity index (χ3v) is 5.80. The highest BCUT2D eigenvalue weighted by atomic mass is 16.5. The molecule has 2 unspecified atom stereocenters. The molecule has 2 atom stereocenters. The molecule has 0 radical (unpaired) electrons. The van der Waals surface area contributed by atoms with Crippen molar-refractivity contribution >= 4 is 23.5 Å². The van der Waals surface area contributed by atoms with Gasteiger partial charge >= 0.3 is 0 Å². The third kappa shape index (κ3) is 5.10. The number of hydrogen-bond donors (Lipinski definition) is 1. The number of rotatable bonds is 7. The number of carbonyl (C=O) groups is 3. The normalized spacial score (nSPS) is 18.6. The van der Waals surface area contributed by atoms with Gasteiger partial charge in [-0.3, -0.25) is 14.4 Å². The van der Waals surface area contributed by atoms with Crippen LogP contribution in [0.15, 0.2) is 42.5 Å². The van der Waals surface area contributed by atoms with Gasteiger partial charge in [0.2, 0.25) is 5.91 Å². The topological polar surface area (TPSA) is 72.5 Å². The number of aryl methyl sites for hydroxylation is 2. The summed E-state index contributed by atoms with van der Waals surface area (Å²) in [5.74, 6) is -1.04. The van der Waals surface area contributed by atoms with E-state index in [0.29, 0.717) is 6.54 Å². The first-order valence-electron chi connectivity index (χ1n) is 10.5. The Hall–Kier alpha value is -3.21. The van der Waals surface area contributed by atoms with E-state index in [1.54, 1.807) is 7.11 Å². The van der Waals surface area contributed by atoms with Crippen LogP contribution >= 0.6 is 0 Å². The second kappa shape index (κ2) is 9.73. The van der Waals surface area contributed by atoms with E-state index in [9.17, 15) is 14.4 Å². The van der Waals surface area contributed by atoms with Crippen LogP contribution in [0.5, 0.6) is 5.75 Å². The van der Waals surface area contributed by atoms with Crippen molar-refractivity contribution in [1.29, 1.82) is 0 Å². The number of allylic oxidation sites excluding steroid dienone is 1. The molecule has 0 aliphatic heterocycles. The summed E-state index contributed by atoms with van der Waals surface area (Å²) < 4.78 is 5.13. The van der Waals surface area contributed by atoms with Crippen molar-refractivity contribution in [2.24, 2.45) is 5.92 Å². The Kier molecular flexibility index (Phi) is 7.06. The molecule has 1 aliphatic carbocycles. The van der Waals surface area contributed by atoms with Crippen LogP contribution in [0.1, 0.15) is 53.5 Å². The molecule has 0 saturated heterocycles. The van der Waals surface area contributed by atoms with Crippen molar-refractivity contribution in [2.45, 2.75) is 46.1 Å². The van der Waals surface area contributed by atoms with Gasteiger partial charge in [-0.25, -0.2) is 0 Å². The smallest absolute Gasteiger partial charge is 0.221 e. The standard InChI is InChI=1S/C26H29NO4/c1-5-6-19-11-16(2)24(17(3)12-19)25-22(28)13-20(26(25)30)14-23(29)27-15-18-7-9-21(31-4)10-8-18/h5-12,20,25H,13-15H2,1-4H3,(H,27,29)/b6-5+. The molecule has 162 valence electrons. The highest BCUT2D eigenvalue weighted by Gasteiger charge is 2.43. The van der Waals surface area contributed by atoms with Crippen molar-refractivity contribution in [3.63, 3.8) is 0 Å². The molecule has 5 nitrogen and oxygen atoms in total. The summed E-state index contributed by atoms with van der Waals surface area (Å²) in [5.41, 5.74) is 4.65. The minimum absolute atomic E-state index is 0.0337. The van der Waals surface area contributed by atoms with Crippen molar-refractivity contribution in [3.05, 3.63) is 70.3 Å². The van der Waals surface area contributed by atoms with Gasteiger partial charge < -0.3 is 10.1 Å². The molecule has 1 aliphatic rings. The van der Waals surface area contributed by atoms with E-state index in [1.807, 2.05) is 69.3 Å². The van der Waals surface area contributed by atoms with Crippen LogP contribution < -0.4 is 10.1 Å². The van der Waals surface area contributed by atoms with Gasteiger partial charge in [-0.1, -0.05) is 36.4 Å². The Morgan fingerprint density at radius 1 is 1.13 bits per heavy atom.